The Kier molecular flexibility index (Phi) is 7.19. The van der Waals surface area contributed by atoms with Gasteiger partial charge < -0.3 is 30.0 Å². The first-order chi connectivity index (χ1) is 16.8. The molecule has 35 heavy (non-hydrogen) atoms. The molecule has 2 aliphatic heterocycles. The van der Waals surface area contributed by atoms with Crippen LogP contribution in [0.4, 0.5) is 5.69 Å². The molecule has 2 aliphatic rings. The predicted octanol–water partition coefficient (Wildman–Crippen LogP) is 1.41. The molecule has 4 rings (SSSR count). The molecule has 0 unspecified atom stereocenters. The van der Waals surface area contributed by atoms with Gasteiger partial charge in [-0.05, 0) is 19.1 Å². The summed E-state index contributed by atoms with van der Waals surface area (Å²) in [6, 6.07) is 6.95. The standard InChI is InChI=1S/C25H28N4O6/c1-3-34-23(30)20-19(26)22(35-18-8-13-33-14-9-18)28-21(27-20)17-6-4-5-16(15-17)7-10-25(32)11-12-29(2)24(25)31/h4-6,15,18,32H,3,8-9,11-14,26H2,1-2H3/t25-/m0/s1. The largest absolute Gasteiger partial charge is 0.473 e. The number of hydrogen-bond donors (Lipinski definition) is 2. The Labute approximate surface area is 203 Å². The summed E-state index contributed by atoms with van der Waals surface area (Å²) in [4.78, 5) is 35.0. The van der Waals surface area contributed by atoms with E-state index in [-0.39, 0.29) is 42.2 Å². The summed E-state index contributed by atoms with van der Waals surface area (Å²) < 4.78 is 16.5. The van der Waals surface area contributed by atoms with E-state index in [0.717, 1.165) is 0 Å². The minimum absolute atomic E-state index is 0.0146. The van der Waals surface area contributed by atoms with Gasteiger partial charge in [-0.2, -0.15) is 4.98 Å². The molecule has 2 saturated heterocycles. The molecular weight excluding hydrogens is 452 g/mol. The summed E-state index contributed by atoms with van der Waals surface area (Å²) in [6.45, 7) is 3.43. The number of likely N-dealkylation sites (tertiary alicyclic amines) is 1. The molecule has 0 saturated carbocycles. The molecule has 1 atom stereocenters. The lowest BCUT2D eigenvalue weighted by molar-refractivity contribution is -0.137. The van der Waals surface area contributed by atoms with Crippen molar-refractivity contribution in [3.8, 4) is 29.1 Å². The molecule has 1 aromatic heterocycles. The first kappa shape index (κ1) is 24.4. The fraction of sp³-hybridized carbons (Fsp3) is 0.440. The van der Waals surface area contributed by atoms with Crippen LogP contribution in [0.3, 0.4) is 0 Å². The van der Waals surface area contributed by atoms with E-state index in [1.54, 1.807) is 38.2 Å². The van der Waals surface area contributed by atoms with E-state index in [4.69, 9.17) is 19.9 Å². The van der Waals surface area contributed by atoms with E-state index in [2.05, 4.69) is 21.8 Å². The number of benzene rings is 1. The van der Waals surface area contributed by atoms with Gasteiger partial charge >= 0.3 is 5.97 Å². The molecule has 2 fully saturated rings. The van der Waals surface area contributed by atoms with Crippen LogP contribution in [0.2, 0.25) is 0 Å². The fourth-order valence-corrected chi connectivity index (χ4v) is 3.86. The first-order valence-corrected chi connectivity index (χ1v) is 11.5. The van der Waals surface area contributed by atoms with Crippen LogP contribution in [0.1, 0.15) is 42.2 Å². The second kappa shape index (κ2) is 10.3. The topological polar surface area (TPSA) is 137 Å². The Morgan fingerprint density at radius 2 is 2.11 bits per heavy atom. The van der Waals surface area contributed by atoms with E-state index in [9.17, 15) is 14.7 Å². The SMILES string of the molecule is CCOC(=O)c1nc(-c2cccc(C#C[C@]3(O)CCN(C)C3=O)c2)nc(OC2CCOCC2)c1N. The highest BCUT2D eigenvalue weighted by molar-refractivity contribution is 5.94. The van der Waals surface area contributed by atoms with E-state index < -0.39 is 17.5 Å². The number of anilines is 1. The highest BCUT2D eigenvalue weighted by Gasteiger charge is 2.42. The van der Waals surface area contributed by atoms with Crippen LogP contribution >= 0.6 is 0 Å². The monoisotopic (exact) mass is 480 g/mol. The Hall–Kier alpha value is -3.68. The van der Waals surface area contributed by atoms with Crippen LogP contribution in [0, 0.1) is 11.8 Å². The average molecular weight is 481 g/mol. The highest BCUT2D eigenvalue weighted by atomic mass is 16.5. The molecule has 3 heterocycles. The van der Waals surface area contributed by atoms with Gasteiger partial charge in [-0.25, -0.2) is 9.78 Å². The average Bonchev–Trinajstić information content (AvgIpc) is 3.12. The van der Waals surface area contributed by atoms with Crippen molar-refractivity contribution in [1.29, 1.82) is 0 Å². The number of ether oxygens (including phenoxy) is 3. The van der Waals surface area contributed by atoms with Crippen LogP contribution in [0.25, 0.3) is 11.4 Å². The van der Waals surface area contributed by atoms with Crippen molar-refractivity contribution in [3.05, 3.63) is 35.5 Å². The molecule has 0 radical (unpaired) electrons. The maximum Gasteiger partial charge on any atom is 0.359 e. The number of amides is 1. The molecule has 184 valence electrons. The van der Waals surface area contributed by atoms with Crippen molar-refractivity contribution in [1.82, 2.24) is 14.9 Å². The summed E-state index contributed by atoms with van der Waals surface area (Å²) in [6.07, 6.45) is 1.44. The van der Waals surface area contributed by atoms with Gasteiger partial charge in [0.15, 0.2) is 11.5 Å². The zero-order chi connectivity index (χ0) is 25.0. The number of hydrogen-bond acceptors (Lipinski definition) is 9. The smallest absolute Gasteiger partial charge is 0.359 e. The van der Waals surface area contributed by atoms with Crippen molar-refractivity contribution in [2.24, 2.45) is 0 Å². The number of aliphatic hydroxyl groups is 1. The Balaban J connectivity index is 1.69. The lowest BCUT2D eigenvalue weighted by Crippen LogP contribution is -2.37. The van der Waals surface area contributed by atoms with E-state index in [1.165, 1.54) is 4.90 Å². The van der Waals surface area contributed by atoms with Crippen LogP contribution < -0.4 is 10.5 Å². The molecule has 0 aliphatic carbocycles. The van der Waals surface area contributed by atoms with Crippen molar-refractivity contribution < 1.29 is 28.9 Å². The lowest BCUT2D eigenvalue weighted by atomic mass is 10.0. The van der Waals surface area contributed by atoms with Crippen LogP contribution in [-0.4, -0.2) is 77.0 Å². The summed E-state index contributed by atoms with van der Waals surface area (Å²) in [5, 5.41) is 10.6. The van der Waals surface area contributed by atoms with E-state index in [0.29, 0.717) is 43.7 Å². The van der Waals surface area contributed by atoms with Gasteiger partial charge in [0, 0.05) is 44.0 Å². The molecule has 1 aromatic carbocycles. The third-order valence-electron chi connectivity index (χ3n) is 5.87. The molecule has 0 bridgehead atoms. The number of nitrogen functional groups attached to an aromatic ring is 1. The number of rotatable bonds is 5. The number of likely N-dealkylation sites (N-methyl/N-ethyl adjacent to an activating group) is 1. The number of esters is 1. The fourth-order valence-electron chi connectivity index (χ4n) is 3.86. The van der Waals surface area contributed by atoms with Crippen LogP contribution in [0.15, 0.2) is 24.3 Å². The van der Waals surface area contributed by atoms with E-state index in [1.807, 2.05) is 0 Å². The Morgan fingerprint density at radius 3 is 2.80 bits per heavy atom. The van der Waals surface area contributed by atoms with Crippen molar-refractivity contribution >= 4 is 17.6 Å². The molecule has 0 spiro atoms. The third kappa shape index (κ3) is 5.37. The second-order valence-corrected chi connectivity index (χ2v) is 8.43. The van der Waals surface area contributed by atoms with Gasteiger partial charge in [0.1, 0.15) is 11.8 Å². The lowest BCUT2D eigenvalue weighted by Gasteiger charge is -2.23. The molecule has 10 nitrogen and oxygen atoms in total. The predicted molar refractivity (Wildman–Crippen MR) is 126 cm³/mol. The number of nitrogens with two attached hydrogens (primary N) is 1. The summed E-state index contributed by atoms with van der Waals surface area (Å²) >= 11 is 0. The van der Waals surface area contributed by atoms with Crippen LogP contribution in [-0.2, 0) is 14.3 Å². The quantitative estimate of drug-likeness (QED) is 0.480. The van der Waals surface area contributed by atoms with Gasteiger partial charge in [-0.3, -0.25) is 4.79 Å². The van der Waals surface area contributed by atoms with Crippen LogP contribution in [0.5, 0.6) is 5.88 Å². The summed E-state index contributed by atoms with van der Waals surface area (Å²) in [5.41, 5.74) is 5.53. The molecule has 3 N–H and O–H groups in total. The molecular formula is C25H28N4O6. The zero-order valence-corrected chi connectivity index (χ0v) is 19.7. The maximum absolute atomic E-state index is 12.5. The minimum atomic E-state index is -1.70. The van der Waals surface area contributed by atoms with Gasteiger partial charge in [0.05, 0.1) is 19.8 Å². The maximum atomic E-state index is 12.5. The van der Waals surface area contributed by atoms with Gasteiger partial charge in [0.25, 0.3) is 5.91 Å². The molecule has 2 aromatic rings. The third-order valence-corrected chi connectivity index (χ3v) is 5.87. The Morgan fingerprint density at radius 1 is 1.34 bits per heavy atom. The van der Waals surface area contributed by atoms with Crippen molar-refractivity contribution in [3.63, 3.8) is 0 Å². The molecule has 10 heteroatoms. The number of carbonyl (C=O) groups is 2. The normalized spacial score (nSPS) is 20.3. The van der Waals surface area contributed by atoms with Gasteiger partial charge in [-0.1, -0.05) is 24.0 Å². The Bertz CT molecular complexity index is 1180. The van der Waals surface area contributed by atoms with Gasteiger partial charge in [0.2, 0.25) is 11.5 Å². The number of aromatic nitrogens is 2. The zero-order valence-electron chi connectivity index (χ0n) is 19.7. The highest BCUT2D eigenvalue weighted by Crippen LogP contribution is 2.29. The number of nitrogens with zero attached hydrogens (tertiary/aromatic N) is 3. The van der Waals surface area contributed by atoms with Gasteiger partial charge in [-0.15, -0.1) is 0 Å². The summed E-state index contributed by atoms with van der Waals surface area (Å²) in [5.74, 6) is 4.80. The van der Waals surface area contributed by atoms with Crippen molar-refractivity contribution in [2.75, 3.05) is 39.1 Å². The minimum Gasteiger partial charge on any atom is -0.473 e. The molecule has 1 amide bonds. The van der Waals surface area contributed by atoms with Crippen molar-refractivity contribution in [2.45, 2.75) is 37.9 Å². The summed E-state index contributed by atoms with van der Waals surface area (Å²) in [7, 11) is 1.63. The number of carbonyl (C=O) groups excluding carboxylic acids is 2. The first-order valence-electron chi connectivity index (χ1n) is 11.5. The second-order valence-electron chi connectivity index (χ2n) is 8.43. The van der Waals surface area contributed by atoms with E-state index >= 15 is 0 Å².